The minimum Gasteiger partial charge on any atom is -0.315 e. The van der Waals surface area contributed by atoms with Gasteiger partial charge in [-0.25, -0.2) is 4.98 Å². The molecule has 5 nitrogen and oxygen atoms in total. The van der Waals surface area contributed by atoms with Gasteiger partial charge in [-0.15, -0.1) is 0 Å². The zero-order valence-electron chi connectivity index (χ0n) is 6.50. The molecule has 6 heteroatoms. The van der Waals surface area contributed by atoms with E-state index in [4.69, 9.17) is 12.2 Å². The lowest BCUT2D eigenvalue weighted by molar-refractivity contribution is 0.0946. The SMILES string of the molecule is O=C1NNC(=S)Nc2ncccc21. The second-order valence-electron chi connectivity index (χ2n) is 2.43. The van der Waals surface area contributed by atoms with Gasteiger partial charge in [0, 0.05) is 6.20 Å². The van der Waals surface area contributed by atoms with Crippen LogP contribution in [0.25, 0.3) is 0 Å². The van der Waals surface area contributed by atoms with Crippen molar-refractivity contribution in [2.75, 3.05) is 5.32 Å². The first-order chi connectivity index (χ1) is 6.27. The van der Waals surface area contributed by atoms with Crippen molar-refractivity contribution >= 4 is 29.1 Å². The summed E-state index contributed by atoms with van der Waals surface area (Å²) in [6, 6.07) is 3.36. The van der Waals surface area contributed by atoms with Gasteiger partial charge in [0.2, 0.25) is 0 Å². The molecule has 2 heterocycles. The Bertz CT molecular complexity index is 379. The van der Waals surface area contributed by atoms with E-state index in [9.17, 15) is 4.79 Å². The highest BCUT2D eigenvalue weighted by Crippen LogP contribution is 2.11. The summed E-state index contributed by atoms with van der Waals surface area (Å²) in [4.78, 5) is 15.3. The third kappa shape index (κ3) is 1.43. The highest BCUT2D eigenvalue weighted by Gasteiger charge is 2.16. The summed E-state index contributed by atoms with van der Waals surface area (Å²) < 4.78 is 0. The highest BCUT2D eigenvalue weighted by atomic mass is 32.1. The second-order valence-corrected chi connectivity index (χ2v) is 2.84. The van der Waals surface area contributed by atoms with Gasteiger partial charge >= 0.3 is 0 Å². The van der Waals surface area contributed by atoms with Crippen LogP contribution in [0.1, 0.15) is 10.4 Å². The molecule has 0 fully saturated rings. The Hall–Kier alpha value is -1.69. The maximum absolute atomic E-state index is 11.3. The predicted octanol–water partition coefficient (Wildman–Crippen LogP) is 0.0264. The summed E-state index contributed by atoms with van der Waals surface area (Å²) in [7, 11) is 0. The number of aromatic nitrogens is 1. The Morgan fingerprint density at radius 3 is 3.08 bits per heavy atom. The minimum absolute atomic E-state index is 0.254. The van der Waals surface area contributed by atoms with Gasteiger partial charge < -0.3 is 5.32 Å². The number of nitrogens with one attached hydrogen (secondary N) is 3. The van der Waals surface area contributed by atoms with Crippen LogP contribution < -0.4 is 16.2 Å². The number of thiocarbonyl (C=S) groups is 1. The number of rotatable bonds is 0. The first kappa shape index (κ1) is 7.93. The van der Waals surface area contributed by atoms with Crippen molar-refractivity contribution in [1.29, 1.82) is 0 Å². The molecule has 2 rings (SSSR count). The van der Waals surface area contributed by atoms with Crippen molar-refractivity contribution in [3.63, 3.8) is 0 Å². The number of hydrogen-bond acceptors (Lipinski definition) is 3. The highest BCUT2D eigenvalue weighted by molar-refractivity contribution is 7.80. The van der Waals surface area contributed by atoms with Crippen molar-refractivity contribution < 1.29 is 4.79 Å². The van der Waals surface area contributed by atoms with Crippen LogP contribution >= 0.6 is 12.2 Å². The molecule has 1 aliphatic rings. The third-order valence-electron chi connectivity index (χ3n) is 1.57. The Balaban J connectivity index is 2.49. The van der Waals surface area contributed by atoms with Gasteiger partial charge in [-0.05, 0) is 24.4 Å². The number of anilines is 1. The predicted molar refractivity (Wildman–Crippen MR) is 51.1 cm³/mol. The Morgan fingerprint density at radius 2 is 2.23 bits per heavy atom. The van der Waals surface area contributed by atoms with Gasteiger partial charge in [0.15, 0.2) is 5.11 Å². The molecule has 0 saturated heterocycles. The molecule has 1 amide bonds. The van der Waals surface area contributed by atoms with Crippen LogP contribution in [0.2, 0.25) is 0 Å². The van der Waals surface area contributed by atoms with Crippen LogP contribution in [0.5, 0.6) is 0 Å². The van der Waals surface area contributed by atoms with E-state index in [-0.39, 0.29) is 5.91 Å². The monoisotopic (exact) mass is 194 g/mol. The summed E-state index contributed by atoms with van der Waals surface area (Å²) in [5.74, 6) is 0.213. The maximum atomic E-state index is 11.3. The van der Waals surface area contributed by atoms with Crippen LogP contribution in [0.4, 0.5) is 5.82 Å². The van der Waals surface area contributed by atoms with Gasteiger partial charge in [-0.2, -0.15) is 0 Å². The van der Waals surface area contributed by atoms with Crippen LogP contribution in [0.3, 0.4) is 0 Å². The minimum atomic E-state index is -0.254. The van der Waals surface area contributed by atoms with E-state index in [1.54, 1.807) is 18.3 Å². The first-order valence-electron chi connectivity index (χ1n) is 3.60. The van der Waals surface area contributed by atoms with Gasteiger partial charge in [-0.3, -0.25) is 15.6 Å². The van der Waals surface area contributed by atoms with Gasteiger partial charge in [0.1, 0.15) is 5.82 Å². The molecule has 66 valence electrons. The summed E-state index contributed by atoms with van der Waals surface area (Å²) in [6.45, 7) is 0. The molecule has 0 atom stereocenters. The lowest BCUT2D eigenvalue weighted by Crippen LogP contribution is -2.40. The average Bonchev–Trinajstić information content (AvgIpc) is 2.27. The molecule has 0 unspecified atom stereocenters. The average molecular weight is 194 g/mol. The fourth-order valence-corrected chi connectivity index (χ4v) is 1.16. The number of amides is 1. The largest absolute Gasteiger partial charge is 0.315 e. The molecule has 13 heavy (non-hydrogen) atoms. The molecule has 1 aromatic rings. The number of fused-ring (bicyclic) bond motifs is 1. The quantitative estimate of drug-likeness (QED) is 0.508. The maximum Gasteiger partial charge on any atom is 0.273 e. The lowest BCUT2D eigenvalue weighted by Gasteiger charge is -2.02. The van der Waals surface area contributed by atoms with Crippen LogP contribution in [-0.4, -0.2) is 16.0 Å². The molecule has 0 radical (unpaired) electrons. The fraction of sp³-hybridized carbons (Fsp3) is 0. The molecular weight excluding hydrogens is 188 g/mol. The summed E-state index contributed by atoms with van der Waals surface area (Å²) >= 11 is 4.84. The summed E-state index contributed by atoms with van der Waals surface area (Å²) in [6.07, 6.45) is 1.59. The molecule has 0 aromatic carbocycles. The summed E-state index contributed by atoms with van der Waals surface area (Å²) in [5.41, 5.74) is 5.41. The number of hydrazine groups is 1. The normalized spacial score (nSPS) is 14.8. The van der Waals surface area contributed by atoms with E-state index in [0.717, 1.165) is 0 Å². The molecule has 0 bridgehead atoms. The Labute approximate surface area is 79.5 Å². The number of hydrogen-bond donors (Lipinski definition) is 3. The van der Waals surface area contributed by atoms with Gasteiger partial charge in [-0.1, -0.05) is 0 Å². The van der Waals surface area contributed by atoms with E-state index >= 15 is 0 Å². The van der Waals surface area contributed by atoms with E-state index < -0.39 is 0 Å². The number of carbonyl (C=O) groups excluding carboxylic acids is 1. The number of nitrogens with zero attached hydrogens (tertiary/aromatic N) is 1. The van der Waals surface area contributed by atoms with Crippen molar-refractivity contribution in [2.45, 2.75) is 0 Å². The van der Waals surface area contributed by atoms with Crippen LogP contribution in [0, 0.1) is 0 Å². The first-order valence-corrected chi connectivity index (χ1v) is 4.00. The number of pyridine rings is 1. The molecule has 3 N–H and O–H groups in total. The van der Waals surface area contributed by atoms with E-state index in [0.29, 0.717) is 16.5 Å². The molecule has 1 aliphatic heterocycles. The van der Waals surface area contributed by atoms with Crippen LogP contribution in [-0.2, 0) is 0 Å². The zero-order chi connectivity index (χ0) is 9.26. The van der Waals surface area contributed by atoms with Crippen molar-refractivity contribution in [3.05, 3.63) is 23.9 Å². The fourth-order valence-electron chi connectivity index (χ4n) is 1.01. The van der Waals surface area contributed by atoms with Crippen molar-refractivity contribution in [3.8, 4) is 0 Å². The van der Waals surface area contributed by atoms with E-state index in [1.807, 2.05) is 0 Å². The smallest absolute Gasteiger partial charge is 0.273 e. The van der Waals surface area contributed by atoms with Gasteiger partial charge in [0.05, 0.1) is 5.56 Å². The molecule has 0 aliphatic carbocycles. The van der Waals surface area contributed by atoms with Crippen molar-refractivity contribution in [1.82, 2.24) is 15.8 Å². The molecule has 1 aromatic heterocycles. The zero-order valence-corrected chi connectivity index (χ0v) is 7.31. The molecular formula is C7H6N4OS. The topological polar surface area (TPSA) is 66.1 Å². The van der Waals surface area contributed by atoms with E-state index in [1.165, 1.54) is 0 Å². The standard InChI is InChI=1S/C7H6N4OS/c12-6-4-2-1-3-8-5(4)9-7(13)11-10-6/h1-3H,(H,10,12)(H2,8,9,11,13). The summed E-state index contributed by atoms with van der Waals surface area (Å²) in [5, 5.41) is 3.10. The van der Waals surface area contributed by atoms with Gasteiger partial charge in [0.25, 0.3) is 5.91 Å². The van der Waals surface area contributed by atoms with Crippen molar-refractivity contribution in [2.24, 2.45) is 0 Å². The third-order valence-corrected chi connectivity index (χ3v) is 1.78. The second kappa shape index (κ2) is 2.98. The van der Waals surface area contributed by atoms with Crippen LogP contribution in [0.15, 0.2) is 18.3 Å². The van der Waals surface area contributed by atoms with E-state index in [2.05, 4.69) is 21.2 Å². The Morgan fingerprint density at radius 1 is 1.38 bits per heavy atom. The number of carbonyl (C=O) groups is 1. The lowest BCUT2D eigenvalue weighted by atomic mass is 10.2. The molecule has 0 saturated carbocycles. The molecule has 0 spiro atoms. The Kier molecular flexibility index (Phi) is 1.82.